The number of halogens is 1. The number of benzene rings is 2. The second-order valence-electron chi connectivity index (χ2n) is 7.21. The number of amides is 1. The van der Waals surface area contributed by atoms with Crippen molar-refractivity contribution in [2.75, 3.05) is 55.5 Å². The van der Waals surface area contributed by atoms with Crippen LogP contribution in [0.15, 0.2) is 34.7 Å². The highest BCUT2D eigenvalue weighted by molar-refractivity contribution is 8.01. The Balaban J connectivity index is 1.49. The summed E-state index contributed by atoms with van der Waals surface area (Å²) >= 11 is 8.99. The van der Waals surface area contributed by atoms with E-state index in [2.05, 4.69) is 15.2 Å². The molecule has 0 bridgehead atoms. The zero-order valence-corrected chi connectivity index (χ0v) is 20.9. The summed E-state index contributed by atoms with van der Waals surface area (Å²) in [6.07, 6.45) is 0. The number of thioether (sulfide) groups is 1. The Morgan fingerprint density at radius 1 is 1.18 bits per heavy atom. The molecule has 1 saturated heterocycles. The van der Waals surface area contributed by atoms with E-state index in [9.17, 15) is 4.79 Å². The van der Waals surface area contributed by atoms with Crippen LogP contribution in [0.25, 0.3) is 10.2 Å². The first-order chi connectivity index (χ1) is 16.1. The fourth-order valence-electron chi connectivity index (χ4n) is 3.50. The maximum atomic E-state index is 12.8. The van der Waals surface area contributed by atoms with Crippen molar-refractivity contribution in [1.29, 1.82) is 0 Å². The van der Waals surface area contributed by atoms with E-state index >= 15 is 0 Å². The van der Waals surface area contributed by atoms with E-state index in [4.69, 9.17) is 25.8 Å². The van der Waals surface area contributed by atoms with Gasteiger partial charge in [0.25, 0.3) is 0 Å². The lowest BCUT2D eigenvalue weighted by Gasteiger charge is -2.31. The van der Waals surface area contributed by atoms with E-state index in [1.54, 1.807) is 11.3 Å². The number of anilines is 2. The SMILES string of the molecule is CCOc1cc(N2CCOCC2)c(OCC)cc1NC(=O)CSc1nc2cc(Cl)ccc2s1. The maximum absolute atomic E-state index is 12.8. The first kappa shape index (κ1) is 23.9. The Labute approximate surface area is 206 Å². The van der Waals surface area contributed by atoms with Crippen LogP contribution in [0.2, 0.25) is 5.02 Å². The molecule has 1 aliphatic rings. The van der Waals surface area contributed by atoms with Crippen molar-refractivity contribution in [1.82, 2.24) is 4.98 Å². The topological polar surface area (TPSA) is 72.9 Å². The fraction of sp³-hybridized carbons (Fsp3) is 0.391. The summed E-state index contributed by atoms with van der Waals surface area (Å²) in [5.41, 5.74) is 2.39. The summed E-state index contributed by atoms with van der Waals surface area (Å²) in [5.74, 6) is 1.43. The van der Waals surface area contributed by atoms with E-state index < -0.39 is 0 Å². The van der Waals surface area contributed by atoms with Gasteiger partial charge in [-0.3, -0.25) is 4.79 Å². The van der Waals surface area contributed by atoms with Crippen LogP contribution in [0.3, 0.4) is 0 Å². The molecule has 4 rings (SSSR count). The van der Waals surface area contributed by atoms with Crippen LogP contribution in [-0.2, 0) is 9.53 Å². The number of hydrogen-bond donors (Lipinski definition) is 1. The number of thiazole rings is 1. The third-order valence-corrected chi connectivity index (χ3v) is 7.36. The highest BCUT2D eigenvalue weighted by Crippen LogP contribution is 2.39. The monoisotopic (exact) mass is 507 g/mol. The molecule has 0 atom stereocenters. The number of fused-ring (bicyclic) bond motifs is 1. The molecule has 3 aromatic rings. The number of rotatable bonds is 9. The van der Waals surface area contributed by atoms with Gasteiger partial charge in [0, 0.05) is 30.2 Å². The molecule has 1 amide bonds. The molecule has 0 aliphatic carbocycles. The van der Waals surface area contributed by atoms with Crippen molar-refractivity contribution in [3.8, 4) is 11.5 Å². The molecule has 2 heterocycles. The average Bonchev–Trinajstić information content (AvgIpc) is 3.22. The fourth-order valence-corrected chi connectivity index (χ4v) is 5.51. The van der Waals surface area contributed by atoms with E-state index in [1.807, 2.05) is 44.2 Å². The van der Waals surface area contributed by atoms with Crippen LogP contribution in [0, 0.1) is 0 Å². The van der Waals surface area contributed by atoms with Gasteiger partial charge in [-0.15, -0.1) is 11.3 Å². The number of nitrogens with one attached hydrogen (secondary N) is 1. The minimum Gasteiger partial charge on any atom is -0.492 e. The number of nitrogens with zero attached hydrogens (tertiary/aromatic N) is 2. The molecule has 2 aromatic carbocycles. The van der Waals surface area contributed by atoms with Gasteiger partial charge >= 0.3 is 0 Å². The molecule has 33 heavy (non-hydrogen) atoms. The van der Waals surface area contributed by atoms with Crippen molar-refractivity contribution in [3.05, 3.63) is 35.4 Å². The molecular weight excluding hydrogens is 482 g/mol. The van der Waals surface area contributed by atoms with E-state index in [0.717, 1.165) is 33.3 Å². The first-order valence-electron chi connectivity index (χ1n) is 10.8. The van der Waals surface area contributed by atoms with Crippen LogP contribution < -0.4 is 19.7 Å². The molecule has 176 valence electrons. The largest absolute Gasteiger partial charge is 0.492 e. The quantitative estimate of drug-likeness (QED) is 0.393. The molecule has 1 fully saturated rings. The lowest BCUT2D eigenvalue weighted by atomic mass is 10.2. The van der Waals surface area contributed by atoms with Gasteiger partial charge in [-0.2, -0.15) is 0 Å². The molecule has 1 aliphatic heterocycles. The second-order valence-corrected chi connectivity index (χ2v) is 9.90. The Hall–Kier alpha value is -2.20. The van der Waals surface area contributed by atoms with Crippen LogP contribution in [-0.4, -0.2) is 56.2 Å². The van der Waals surface area contributed by atoms with Crippen molar-refractivity contribution in [2.24, 2.45) is 0 Å². The van der Waals surface area contributed by atoms with Gasteiger partial charge in [0.1, 0.15) is 11.5 Å². The number of carbonyl (C=O) groups is 1. The predicted octanol–water partition coefficient (Wildman–Crippen LogP) is 5.31. The average molecular weight is 508 g/mol. The zero-order chi connectivity index (χ0) is 23.2. The third-order valence-electron chi connectivity index (χ3n) is 4.94. The minimum absolute atomic E-state index is 0.139. The predicted molar refractivity (Wildman–Crippen MR) is 136 cm³/mol. The summed E-state index contributed by atoms with van der Waals surface area (Å²) in [5, 5.41) is 3.63. The van der Waals surface area contributed by atoms with Crippen LogP contribution in [0.5, 0.6) is 11.5 Å². The Kier molecular flexibility index (Phi) is 8.19. The van der Waals surface area contributed by atoms with Gasteiger partial charge in [0.2, 0.25) is 5.91 Å². The second kappa shape index (κ2) is 11.3. The lowest BCUT2D eigenvalue weighted by Crippen LogP contribution is -2.36. The summed E-state index contributed by atoms with van der Waals surface area (Å²) < 4.78 is 19.1. The number of aromatic nitrogens is 1. The standard InChI is InChI=1S/C23H26ClN3O4S2/c1-3-30-19-13-18(27-7-9-29-10-8-27)20(31-4-2)12-16(19)25-22(28)14-32-23-26-17-11-15(24)5-6-21(17)33-23/h5-6,11-13H,3-4,7-10,14H2,1-2H3,(H,25,28). The minimum atomic E-state index is -0.139. The van der Waals surface area contributed by atoms with Gasteiger partial charge in [-0.1, -0.05) is 23.4 Å². The van der Waals surface area contributed by atoms with Gasteiger partial charge in [-0.25, -0.2) is 4.98 Å². The number of morpholine rings is 1. The molecule has 0 spiro atoms. The van der Waals surface area contributed by atoms with Crippen molar-refractivity contribution in [3.63, 3.8) is 0 Å². The van der Waals surface area contributed by atoms with Crippen LogP contribution in [0.4, 0.5) is 11.4 Å². The highest BCUT2D eigenvalue weighted by atomic mass is 35.5. The van der Waals surface area contributed by atoms with Gasteiger partial charge in [-0.05, 0) is 32.0 Å². The summed E-state index contributed by atoms with van der Waals surface area (Å²) in [6, 6.07) is 9.41. The number of hydrogen-bond acceptors (Lipinski definition) is 8. The van der Waals surface area contributed by atoms with Crippen molar-refractivity contribution in [2.45, 2.75) is 18.2 Å². The van der Waals surface area contributed by atoms with Crippen LogP contribution >= 0.6 is 34.7 Å². The molecule has 0 saturated carbocycles. The molecular formula is C23H26ClN3O4S2. The Bertz CT molecular complexity index is 1120. The third kappa shape index (κ3) is 6.03. The number of carbonyl (C=O) groups excluding carboxylic acids is 1. The van der Waals surface area contributed by atoms with Gasteiger partial charge < -0.3 is 24.4 Å². The van der Waals surface area contributed by atoms with Crippen molar-refractivity contribution >= 4 is 62.2 Å². The molecule has 0 unspecified atom stereocenters. The van der Waals surface area contributed by atoms with E-state index in [1.165, 1.54) is 11.8 Å². The van der Waals surface area contributed by atoms with Gasteiger partial charge in [0.05, 0.1) is 53.8 Å². The Morgan fingerprint density at radius 2 is 1.94 bits per heavy atom. The van der Waals surface area contributed by atoms with Crippen molar-refractivity contribution < 1.29 is 19.0 Å². The highest BCUT2D eigenvalue weighted by Gasteiger charge is 2.20. The van der Waals surface area contributed by atoms with E-state index in [0.29, 0.717) is 48.6 Å². The molecule has 10 heteroatoms. The zero-order valence-electron chi connectivity index (χ0n) is 18.6. The van der Waals surface area contributed by atoms with E-state index in [-0.39, 0.29) is 11.7 Å². The molecule has 1 aromatic heterocycles. The molecule has 1 N–H and O–H groups in total. The Morgan fingerprint density at radius 3 is 2.70 bits per heavy atom. The molecule has 7 nitrogen and oxygen atoms in total. The van der Waals surface area contributed by atoms with Gasteiger partial charge in [0.15, 0.2) is 4.34 Å². The maximum Gasteiger partial charge on any atom is 0.234 e. The lowest BCUT2D eigenvalue weighted by molar-refractivity contribution is -0.113. The summed E-state index contributed by atoms with van der Waals surface area (Å²) in [7, 11) is 0. The summed E-state index contributed by atoms with van der Waals surface area (Å²) in [6.45, 7) is 7.78. The smallest absolute Gasteiger partial charge is 0.234 e. The molecule has 0 radical (unpaired) electrons. The number of ether oxygens (including phenoxy) is 3. The summed E-state index contributed by atoms with van der Waals surface area (Å²) in [4.78, 5) is 19.5. The normalized spacial score (nSPS) is 13.8. The first-order valence-corrected chi connectivity index (χ1v) is 13.0. The van der Waals surface area contributed by atoms with Crippen LogP contribution in [0.1, 0.15) is 13.8 Å².